The Hall–Kier alpha value is -1.43. The Bertz CT molecular complexity index is 390. The first-order chi connectivity index (χ1) is 8.65. The Balaban J connectivity index is 1.95. The van der Waals surface area contributed by atoms with Crippen LogP contribution in [0.2, 0.25) is 0 Å². The quantitative estimate of drug-likeness (QED) is 0.841. The van der Waals surface area contributed by atoms with Gasteiger partial charge in [-0.05, 0) is 18.8 Å². The minimum absolute atomic E-state index is 0.249. The number of rotatable bonds is 4. The third-order valence-electron chi connectivity index (χ3n) is 3.08. The van der Waals surface area contributed by atoms with Crippen LogP contribution in [0.15, 0.2) is 0 Å². The summed E-state index contributed by atoms with van der Waals surface area (Å²) in [5.41, 5.74) is 5.68. The first-order valence-electron chi connectivity index (χ1n) is 6.48. The van der Waals surface area contributed by atoms with Gasteiger partial charge in [0.25, 0.3) is 0 Å². The summed E-state index contributed by atoms with van der Waals surface area (Å²) in [7, 11) is 0. The van der Waals surface area contributed by atoms with Crippen molar-refractivity contribution in [2.24, 2.45) is 5.92 Å². The van der Waals surface area contributed by atoms with Crippen molar-refractivity contribution in [2.45, 2.75) is 32.6 Å². The third kappa shape index (κ3) is 3.53. The molecule has 1 aliphatic heterocycles. The minimum atomic E-state index is 0.249. The van der Waals surface area contributed by atoms with Gasteiger partial charge in [0, 0.05) is 25.7 Å². The summed E-state index contributed by atoms with van der Waals surface area (Å²) in [6, 6.07) is 0. The number of aromatic nitrogens is 3. The molecule has 0 spiro atoms. The molecule has 1 fully saturated rings. The van der Waals surface area contributed by atoms with Gasteiger partial charge in [0.1, 0.15) is 5.82 Å². The number of nitrogens with two attached hydrogens (primary N) is 1. The highest BCUT2D eigenvalue weighted by atomic mass is 16.5. The van der Waals surface area contributed by atoms with E-state index in [2.05, 4.69) is 20.3 Å². The highest BCUT2D eigenvalue weighted by Crippen LogP contribution is 2.16. The molecule has 2 rings (SSSR count). The van der Waals surface area contributed by atoms with Crippen LogP contribution in [-0.2, 0) is 4.74 Å². The lowest BCUT2D eigenvalue weighted by Gasteiger charge is -2.22. The number of nitrogen functional groups attached to an aromatic ring is 1. The molecule has 18 heavy (non-hydrogen) atoms. The average molecular weight is 251 g/mol. The number of nitrogens with zero attached hydrogens (tertiary/aromatic N) is 3. The number of hydrogen-bond acceptors (Lipinski definition) is 6. The van der Waals surface area contributed by atoms with Crippen LogP contribution in [-0.4, -0.2) is 34.7 Å². The molecule has 0 aromatic carbocycles. The number of hydrogen-bond donors (Lipinski definition) is 2. The Morgan fingerprint density at radius 3 is 2.67 bits per heavy atom. The van der Waals surface area contributed by atoms with Crippen molar-refractivity contribution >= 4 is 11.9 Å². The Morgan fingerprint density at radius 1 is 1.28 bits per heavy atom. The van der Waals surface area contributed by atoms with Crippen molar-refractivity contribution < 1.29 is 4.74 Å². The lowest BCUT2D eigenvalue weighted by atomic mass is 10.0. The second-order valence-electron chi connectivity index (χ2n) is 4.97. The maximum Gasteiger partial charge on any atom is 0.227 e. The summed E-state index contributed by atoms with van der Waals surface area (Å²) in [5.74, 6) is 2.47. The zero-order valence-electron chi connectivity index (χ0n) is 11.0. The van der Waals surface area contributed by atoms with Gasteiger partial charge in [0.05, 0.1) is 0 Å². The molecule has 100 valence electrons. The van der Waals surface area contributed by atoms with Crippen LogP contribution in [0, 0.1) is 5.92 Å². The fourth-order valence-corrected chi connectivity index (χ4v) is 1.93. The van der Waals surface area contributed by atoms with Crippen molar-refractivity contribution in [3.63, 3.8) is 0 Å². The van der Waals surface area contributed by atoms with Gasteiger partial charge in [-0.15, -0.1) is 0 Å². The normalized spacial score (nSPS) is 17.1. The molecule has 6 nitrogen and oxygen atoms in total. The second kappa shape index (κ2) is 5.95. The van der Waals surface area contributed by atoms with Crippen molar-refractivity contribution in [1.82, 2.24) is 15.0 Å². The van der Waals surface area contributed by atoms with Crippen molar-refractivity contribution in [3.8, 4) is 0 Å². The first-order valence-corrected chi connectivity index (χ1v) is 6.48. The van der Waals surface area contributed by atoms with Gasteiger partial charge < -0.3 is 15.8 Å². The summed E-state index contributed by atoms with van der Waals surface area (Å²) in [6.07, 6.45) is 2.18. The Kier molecular flexibility index (Phi) is 4.30. The van der Waals surface area contributed by atoms with Gasteiger partial charge in [-0.1, -0.05) is 13.8 Å². The number of nitrogens with one attached hydrogen (secondary N) is 1. The molecular formula is C12H21N5O. The van der Waals surface area contributed by atoms with E-state index in [-0.39, 0.29) is 11.9 Å². The van der Waals surface area contributed by atoms with E-state index in [1.807, 2.05) is 13.8 Å². The van der Waals surface area contributed by atoms with Gasteiger partial charge in [0.15, 0.2) is 0 Å². The largest absolute Gasteiger partial charge is 0.381 e. The summed E-state index contributed by atoms with van der Waals surface area (Å²) < 4.78 is 5.33. The zero-order valence-corrected chi connectivity index (χ0v) is 11.0. The van der Waals surface area contributed by atoms with Crippen molar-refractivity contribution in [3.05, 3.63) is 5.82 Å². The van der Waals surface area contributed by atoms with E-state index in [0.717, 1.165) is 38.4 Å². The third-order valence-corrected chi connectivity index (χ3v) is 3.08. The molecule has 1 aromatic heterocycles. The molecule has 0 radical (unpaired) electrons. The number of anilines is 2. The summed E-state index contributed by atoms with van der Waals surface area (Å²) in [4.78, 5) is 12.6. The number of ether oxygens (including phenoxy) is 1. The molecule has 3 N–H and O–H groups in total. The summed E-state index contributed by atoms with van der Waals surface area (Å²) in [6.45, 7) is 6.64. The van der Waals surface area contributed by atoms with E-state index in [1.165, 1.54) is 0 Å². The maximum absolute atomic E-state index is 5.68. The fraction of sp³-hybridized carbons (Fsp3) is 0.750. The molecule has 1 aromatic rings. The van der Waals surface area contributed by atoms with Gasteiger partial charge in [0.2, 0.25) is 11.9 Å². The molecule has 0 bridgehead atoms. The van der Waals surface area contributed by atoms with E-state index in [9.17, 15) is 0 Å². The van der Waals surface area contributed by atoms with Gasteiger partial charge in [-0.2, -0.15) is 15.0 Å². The molecule has 0 amide bonds. The van der Waals surface area contributed by atoms with Crippen molar-refractivity contribution in [2.75, 3.05) is 30.8 Å². The lowest BCUT2D eigenvalue weighted by molar-refractivity contribution is 0.0699. The molecule has 0 unspecified atom stereocenters. The highest BCUT2D eigenvalue weighted by molar-refractivity contribution is 5.31. The topological polar surface area (TPSA) is 86.0 Å². The van der Waals surface area contributed by atoms with Gasteiger partial charge >= 0.3 is 0 Å². The average Bonchev–Trinajstić information content (AvgIpc) is 2.37. The van der Waals surface area contributed by atoms with Gasteiger partial charge in [-0.25, -0.2) is 0 Å². The molecule has 0 saturated carbocycles. The van der Waals surface area contributed by atoms with E-state index >= 15 is 0 Å². The Morgan fingerprint density at radius 2 is 2.00 bits per heavy atom. The predicted octanol–water partition coefficient (Wildman–Crippen LogP) is 1.42. The minimum Gasteiger partial charge on any atom is -0.381 e. The van der Waals surface area contributed by atoms with Crippen LogP contribution >= 0.6 is 0 Å². The molecule has 0 aliphatic carbocycles. The molecular weight excluding hydrogens is 230 g/mol. The summed E-state index contributed by atoms with van der Waals surface area (Å²) >= 11 is 0. The maximum atomic E-state index is 5.68. The van der Waals surface area contributed by atoms with E-state index in [0.29, 0.717) is 11.9 Å². The fourth-order valence-electron chi connectivity index (χ4n) is 1.93. The summed E-state index contributed by atoms with van der Waals surface area (Å²) in [5, 5.41) is 3.25. The predicted molar refractivity (Wildman–Crippen MR) is 70.4 cm³/mol. The molecule has 1 saturated heterocycles. The van der Waals surface area contributed by atoms with Crippen LogP contribution in [0.4, 0.5) is 11.9 Å². The lowest BCUT2D eigenvalue weighted by Crippen LogP contribution is -2.23. The van der Waals surface area contributed by atoms with E-state index in [4.69, 9.17) is 10.5 Å². The van der Waals surface area contributed by atoms with Crippen LogP contribution in [0.3, 0.4) is 0 Å². The molecule has 0 atom stereocenters. The SMILES string of the molecule is CC(C)c1nc(N)nc(NCC2CCOCC2)n1. The van der Waals surface area contributed by atoms with Gasteiger partial charge in [-0.3, -0.25) is 0 Å². The van der Waals surface area contributed by atoms with Crippen LogP contribution < -0.4 is 11.1 Å². The monoisotopic (exact) mass is 251 g/mol. The van der Waals surface area contributed by atoms with Crippen LogP contribution in [0.5, 0.6) is 0 Å². The zero-order chi connectivity index (χ0) is 13.0. The molecule has 6 heteroatoms. The van der Waals surface area contributed by atoms with Crippen LogP contribution in [0.1, 0.15) is 38.4 Å². The second-order valence-corrected chi connectivity index (χ2v) is 4.97. The Labute approximate surface area is 107 Å². The van der Waals surface area contributed by atoms with Crippen molar-refractivity contribution in [1.29, 1.82) is 0 Å². The molecule has 1 aliphatic rings. The van der Waals surface area contributed by atoms with E-state index < -0.39 is 0 Å². The molecule has 2 heterocycles. The first kappa shape index (κ1) is 13.0. The highest BCUT2D eigenvalue weighted by Gasteiger charge is 2.14. The van der Waals surface area contributed by atoms with E-state index in [1.54, 1.807) is 0 Å². The smallest absolute Gasteiger partial charge is 0.227 e. The standard InChI is InChI=1S/C12H21N5O/c1-8(2)10-15-11(13)17-12(16-10)14-7-9-3-5-18-6-4-9/h8-9H,3-7H2,1-2H3,(H3,13,14,15,16,17). The van der Waals surface area contributed by atoms with Crippen LogP contribution in [0.25, 0.3) is 0 Å².